The number of unbranched alkanes of at least 4 members (excludes halogenated alkanes) is 1. The van der Waals surface area contributed by atoms with Crippen molar-refractivity contribution in [3.8, 4) is 0 Å². The smallest absolute Gasteiger partial charge is 0.305 e. The highest BCUT2D eigenvalue weighted by atomic mass is 16.7. The second kappa shape index (κ2) is 10.8. The minimum absolute atomic E-state index is 0.108. The number of hydroxylamine groups is 2. The number of carbonyl (C=O) groups is 2. The van der Waals surface area contributed by atoms with Gasteiger partial charge in [-0.25, -0.2) is 5.06 Å². The van der Waals surface area contributed by atoms with Crippen LogP contribution in [0.5, 0.6) is 0 Å². The summed E-state index contributed by atoms with van der Waals surface area (Å²) in [5.74, 6) is -0.625. The van der Waals surface area contributed by atoms with Gasteiger partial charge in [0.25, 0.3) is 0 Å². The van der Waals surface area contributed by atoms with Gasteiger partial charge in [0, 0.05) is 33.1 Å². The predicted molar refractivity (Wildman–Crippen MR) is 70.2 cm³/mol. The second-order valence-electron chi connectivity index (χ2n) is 4.32. The summed E-state index contributed by atoms with van der Waals surface area (Å²) in [6.07, 6.45) is 3.21. The lowest BCUT2D eigenvalue weighted by atomic mass is 9.95. The summed E-state index contributed by atoms with van der Waals surface area (Å²) >= 11 is 0. The third-order valence-corrected chi connectivity index (χ3v) is 3.01. The van der Waals surface area contributed by atoms with Gasteiger partial charge in [-0.1, -0.05) is 6.42 Å². The highest BCUT2D eigenvalue weighted by Crippen LogP contribution is 2.18. The van der Waals surface area contributed by atoms with E-state index < -0.39 is 0 Å². The molecule has 0 rings (SSSR count). The van der Waals surface area contributed by atoms with Gasteiger partial charge in [0.1, 0.15) is 0 Å². The Morgan fingerprint density at radius 1 is 1.11 bits per heavy atom. The summed E-state index contributed by atoms with van der Waals surface area (Å²) in [7, 11) is 6.01. The van der Waals surface area contributed by atoms with Crippen molar-refractivity contribution in [1.29, 1.82) is 0 Å². The zero-order valence-corrected chi connectivity index (χ0v) is 12.3. The third-order valence-electron chi connectivity index (χ3n) is 3.01. The fourth-order valence-electron chi connectivity index (χ4n) is 1.77. The number of rotatable bonds is 10. The first kappa shape index (κ1) is 17.9. The van der Waals surface area contributed by atoms with Gasteiger partial charge in [0.05, 0.1) is 14.2 Å². The average Bonchev–Trinajstić information content (AvgIpc) is 2.44. The summed E-state index contributed by atoms with van der Waals surface area (Å²) in [4.78, 5) is 28.1. The Morgan fingerprint density at radius 3 is 2.32 bits per heavy atom. The minimum Gasteiger partial charge on any atom is -0.469 e. The van der Waals surface area contributed by atoms with Crippen molar-refractivity contribution >= 4 is 11.9 Å². The number of ether oxygens (including phenoxy) is 2. The molecule has 0 saturated carbocycles. The van der Waals surface area contributed by atoms with Crippen molar-refractivity contribution in [3.63, 3.8) is 0 Å². The van der Waals surface area contributed by atoms with Gasteiger partial charge in [-0.3, -0.25) is 14.4 Å². The summed E-state index contributed by atoms with van der Waals surface area (Å²) in [6.45, 7) is 0.679. The van der Waals surface area contributed by atoms with E-state index in [4.69, 9.17) is 9.57 Å². The molecule has 0 bridgehead atoms. The molecular weight excluding hydrogens is 250 g/mol. The molecule has 0 aliphatic heterocycles. The normalized spacial score (nSPS) is 12.0. The maximum atomic E-state index is 12.1. The van der Waals surface area contributed by atoms with Crippen LogP contribution in [-0.4, -0.2) is 51.9 Å². The van der Waals surface area contributed by atoms with E-state index >= 15 is 0 Å². The topological polar surface area (TPSA) is 65.1 Å². The third kappa shape index (κ3) is 7.79. The van der Waals surface area contributed by atoms with Crippen LogP contribution in [0.4, 0.5) is 0 Å². The Morgan fingerprint density at radius 2 is 1.79 bits per heavy atom. The summed E-state index contributed by atoms with van der Waals surface area (Å²) in [6, 6.07) is 0. The first-order valence-electron chi connectivity index (χ1n) is 6.44. The van der Waals surface area contributed by atoms with Crippen molar-refractivity contribution in [2.45, 2.75) is 32.1 Å². The van der Waals surface area contributed by atoms with Gasteiger partial charge < -0.3 is 9.47 Å². The molecule has 0 spiro atoms. The monoisotopic (exact) mass is 275 g/mol. The Hall–Kier alpha value is -1.14. The van der Waals surface area contributed by atoms with E-state index in [-0.39, 0.29) is 24.2 Å². The maximum absolute atomic E-state index is 12.1. The van der Waals surface area contributed by atoms with Gasteiger partial charge in [-0.15, -0.1) is 0 Å². The molecule has 0 fully saturated rings. The van der Waals surface area contributed by atoms with Crippen molar-refractivity contribution in [2.24, 2.45) is 5.92 Å². The van der Waals surface area contributed by atoms with Crippen molar-refractivity contribution < 1.29 is 23.9 Å². The Bertz CT molecular complexity index is 270. The number of nitrogens with zero attached hydrogens (tertiary/aromatic N) is 1. The number of amides is 1. The van der Waals surface area contributed by atoms with Crippen LogP contribution in [0.3, 0.4) is 0 Å². The SMILES string of the molecule is COCCCCC(CCC(=O)OC)C(=O)N(C)OC. The van der Waals surface area contributed by atoms with Crippen LogP contribution in [0.2, 0.25) is 0 Å². The molecule has 0 heterocycles. The van der Waals surface area contributed by atoms with Crippen molar-refractivity contribution in [2.75, 3.05) is 35.0 Å². The predicted octanol–water partition coefficient (Wildman–Crippen LogP) is 1.39. The van der Waals surface area contributed by atoms with Gasteiger partial charge >= 0.3 is 5.97 Å². The fraction of sp³-hybridized carbons (Fsp3) is 0.846. The van der Waals surface area contributed by atoms with E-state index in [9.17, 15) is 9.59 Å². The second-order valence-corrected chi connectivity index (χ2v) is 4.32. The van der Waals surface area contributed by atoms with E-state index in [0.29, 0.717) is 19.4 Å². The van der Waals surface area contributed by atoms with Crippen LogP contribution in [0.25, 0.3) is 0 Å². The Labute approximate surface area is 114 Å². The van der Waals surface area contributed by atoms with Gasteiger partial charge in [0.15, 0.2) is 0 Å². The molecule has 0 radical (unpaired) electrons. The van der Waals surface area contributed by atoms with Gasteiger partial charge in [0.2, 0.25) is 5.91 Å². The van der Waals surface area contributed by atoms with Crippen LogP contribution >= 0.6 is 0 Å². The molecule has 1 unspecified atom stereocenters. The van der Waals surface area contributed by atoms with Gasteiger partial charge in [-0.05, 0) is 19.3 Å². The molecule has 0 aromatic heterocycles. The quantitative estimate of drug-likeness (QED) is 0.342. The summed E-state index contributed by atoms with van der Waals surface area (Å²) in [5.41, 5.74) is 0. The van der Waals surface area contributed by atoms with Crippen LogP contribution in [-0.2, 0) is 23.9 Å². The molecule has 0 aliphatic rings. The van der Waals surface area contributed by atoms with Crippen molar-refractivity contribution in [1.82, 2.24) is 5.06 Å². The van der Waals surface area contributed by atoms with Crippen LogP contribution in [0.1, 0.15) is 32.1 Å². The number of hydrogen-bond acceptors (Lipinski definition) is 5. The number of carbonyl (C=O) groups excluding carboxylic acids is 2. The lowest BCUT2D eigenvalue weighted by Gasteiger charge is -2.21. The molecule has 6 heteroatoms. The number of esters is 1. The summed E-state index contributed by atoms with van der Waals surface area (Å²) < 4.78 is 9.57. The molecule has 1 amide bonds. The maximum Gasteiger partial charge on any atom is 0.305 e. The van der Waals surface area contributed by atoms with Crippen LogP contribution in [0, 0.1) is 5.92 Å². The summed E-state index contributed by atoms with van der Waals surface area (Å²) in [5, 5.41) is 1.21. The first-order chi connectivity index (χ1) is 9.06. The molecule has 0 saturated heterocycles. The molecule has 6 nitrogen and oxygen atoms in total. The standard InChI is InChI=1S/C13H25NO5/c1-14(19-4)13(16)11(7-5-6-10-17-2)8-9-12(15)18-3/h11H,5-10H2,1-4H3. The highest BCUT2D eigenvalue weighted by molar-refractivity contribution is 5.78. The van der Waals surface area contributed by atoms with E-state index in [2.05, 4.69) is 4.74 Å². The van der Waals surface area contributed by atoms with E-state index in [1.165, 1.54) is 19.3 Å². The van der Waals surface area contributed by atoms with Gasteiger partial charge in [-0.2, -0.15) is 0 Å². The van der Waals surface area contributed by atoms with E-state index in [1.54, 1.807) is 14.2 Å². The molecule has 0 N–H and O–H groups in total. The minimum atomic E-state index is -0.297. The molecule has 1 atom stereocenters. The Balaban J connectivity index is 4.29. The Kier molecular flexibility index (Phi) is 10.1. The van der Waals surface area contributed by atoms with Crippen LogP contribution in [0.15, 0.2) is 0 Å². The molecule has 0 aromatic carbocycles. The zero-order valence-electron chi connectivity index (χ0n) is 12.3. The molecule has 0 aliphatic carbocycles. The van der Waals surface area contributed by atoms with E-state index in [1.807, 2.05) is 0 Å². The number of methoxy groups -OCH3 is 2. The average molecular weight is 275 g/mol. The highest BCUT2D eigenvalue weighted by Gasteiger charge is 2.22. The first-order valence-corrected chi connectivity index (χ1v) is 6.44. The fourth-order valence-corrected chi connectivity index (χ4v) is 1.77. The van der Waals surface area contributed by atoms with E-state index in [0.717, 1.165) is 12.8 Å². The lowest BCUT2D eigenvalue weighted by molar-refractivity contribution is -0.174. The number of hydrogen-bond donors (Lipinski definition) is 0. The molecular formula is C13H25NO5. The molecule has 0 aromatic rings. The molecule has 112 valence electrons. The lowest BCUT2D eigenvalue weighted by Crippen LogP contribution is -2.32. The molecule has 19 heavy (non-hydrogen) atoms. The van der Waals surface area contributed by atoms with Crippen LogP contribution < -0.4 is 0 Å². The zero-order chi connectivity index (χ0) is 14.7. The van der Waals surface area contributed by atoms with Crippen molar-refractivity contribution in [3.05, 3.63) is 0 Å². The largest absolute Gasteiger partial charge is 0.469 e.